The number of aryl methyl sites for hydroxylation is 2. The summed E-state index contributed by atoms with van der Waals surface area (Å²) in [5, 5.41) is 6.73. The van der Waals surface area contributed by atoms with Crippen LogP contribution >= 0.6 is 0 Å². The van der Waals surface area contributed by atoms with Crippen LogP contribution in [-0.2, 0) is 6.54 Å². The molecule has 1 aromatic carbocycles. The van der Waals surface area contributed by atoms with E-state index in [0.717, 1.165) is 22.6 Å². The summed E-state index contributed by atoms with van der Waals surface area (Å²) in [6.07, 6.45) is 1.64. The molecule has 2 heterocycles. The van der Waals surface area contributed by atoms with Crippen LogP contribution in [-0.4, -0.2) is 20.2 Å². The standard InChI is InChI=1S/C16H16FN5/c1-9-15(12-4-3-11(8-18)7-13(12)17)10(2)21-16(20-9)14-5-6-19-22-14/h3-7H,8,18H2,1-2H3,(H,19,22). The lowest BCUT2D eigenvalue weighted by molar-refractivity contribution is 0.628. The first kappa shape index (κ1) is 14.3. The van der Waals surface area contributed by atoms with E-state index < -0.39 is 0 Å². The van der Waals surface area contributed by atoms with E-state index in [2.05, 4.69) is 20.2 Å². The summed E-state index contributed by atoms with van der Waals surface area (Å²) in [6, 6.07) is 6.80. The lowest BCUT2D eigenvalue weighted by Gasteiger charge is -2.12. The lowest BCUT2D eigenvalue weighted by atomic mass is 10.0. The molecular formula is C16H16FN5. The van der Waals surface area contributed by atoms with Gasteiger partial charge in [-0.2, -0.15) is 5.10 Å². The third kappa shape index (κ3) is 2.48. The van der Waals surface area contributed by atoms with Crippen molar-refractivity contribution in [3.05, 3.63) is 53.2 Å². The zero-order valence-electron chi connectivity index (χ0n) is 12.4. The van der Waals surface area contributed by atoms with Crippen molar-refractivity contribution in [2.45, 2.75) is 20.4 Å². The molecule has 0 aliphatic carbocycles. The van der Waals surface area contributed by atoms with Gasteiger partial charge in [-0.05, 0) is 31.5 Å². The first-order chi connectivity index (χ1) is 10.6. The number of aromatic amines is 1. The maximum absolute atomic E-state index is 14.3. The Morgan fingerprint density at radius 2 is 1.86 bits per heavy atom. The molecule has 5 nitrogen and oxygen atoms in total. The van der Waals surface area contributed by atoms with Gasteiger partial charge in [0.15, 0.2) is 5.82 Å². The van der Waals surface area contributed by atoms with E-state index in [1.807, 2.05) is 19.9 Å². The minimum absolute atomic E-state index is 0.310. The van der Waals surface area contributed by atoms with Gasteiger partial charge in [0.25, 0.3) is 0 Å². The van der Waals surface area contributed by atoms with Crippen molar-refractivity contribution in [1.82, 2.24) is 20.2 Å². The molecule has 0 saturated carbocycles. The second-order valence-corrected chi connectivity index (χ2v) is 5.08. The molecular weight excluding hydrogens is 281 g/mol. The van der Waals surface area contributed by atoms with Crippen molar-refractivity contribution in [1.29, 1.82) is 0 Å². The summed E-state index contributed by atoms with van der Waals surface area (Å²) in [5.74, 6) is 0.238. The minimum Gasteiger partial charge on any atom is -0.326 e. The predicted molar refractivity (Wildman–Crippen MR) is 82.4 cm³/mol. The van der Waals surface area contributed by atoms with Crippen LogP contribution in [0.2, 0.25) is 0 Å². The van der Waals surface area contributed by atoms with Gasteiger partial charge in [0.1, 0.15) is 11.5 Å². The third-order valence-corrected chi connectivity index (χ3v) is 3.55. The molecule has 0 fully saturated rings. The van der Waals surface area contributed by atoms with Crippen molar-refractivity contribution in [2.75, 3.05) is 0 Å². The van der Waals surface area contributed by atoms with E-state index in [-0.39, 0.29) is 5.82 Å². The van der Waals surface area contributed by atoms with Crippen molar-refractivity contribution < 1.29 is 4.39 Å². The summed E-state index contributed by atoms with van der Waals surface area (Å²) in [5.41, 5.74) is 9.67. The SMILES string of the molecule is Cc1nc(-c2ccn[nH]2)nc(C)c1-c1ccc(CN)cc1F. The van der Waals surface area contributed by atoms with E-state index in [1.165, 1.54) is 6.07 Å². The second kappa shape index (κ2) is 5.65. The van der Waals surface area contributed by atoms with Crippen LogP contribution in [0, 0.1) is 19.7 Å². The molecule has 0 aliphatic rings. The molecule has 0 spiro atoms. The topological polar surface area (TPSA) is 80.5 Å². The quantitative estimate of drug-likeness (QED) is 0.779. The number of aromatic nitrogens is 4. The number of halogens is 1. The Morgan fingerprint density at radius 3 is 2.41 bits per heavy atom. The smallest absolute Gasteiger partial charge is 0.178 e. The Balaban J connectivity index is 2.12. The summed E-state index contributed by atoms with van der Waals surface area (Å²) in [6.45, 7) is 4.00. The maximum atomic E-state index is 14.3. The molecule has 6 heteroatoms. The van der Waals surface area contributed by atoms with Crippen molar-refractivity contribution >= 4 is 0 Å². The fraction of sp³-hybridized carbons (Fsp3) is 0.188. The van der Waals surface area contributed by atoms with Gasteiger partial charge in [-0.1, -0.05) is 12.1 Å². The van der Waals surface area contributed by atoms with Crippen molar-refractivity contribution in [3.63, 3.8) is 0 Å². The summed E-state index contributed by atoms with van der Waals surface area (Å²) >= 11 is 0. The monoisotopic (exact) mass is 297 g/mol. The Hall–Kier alpha value is -2.60. The van der Waals surface area contributed by atoms with E-state index in [9.17, 15) is 4.39 Å². The highest BCUT2D eigenvalue weighted by molar-refractivity contribution is 5.70. The van der Waals surface area contributed by atoms with E-state index in [0.29, 0.717) is 23.5 Å². The number of rotatable bonds is 3. The highest BCUT2D eigenvalue weighted by Crippen LogP contribution is 2.29. The number of nitrogens with one attached hydrogen (secondary N) is 1. The van der Waals surface area contributed by atoms with Crippen LogP contribution in [0.25, 0.3) is 22.6 Å². The second-order valence-electron chi connectivity index (χ2n) is 5.08. The van der Waals surface area contributed by atoms with Crippen LogP contribution in [0.3, 0.4) is 0 Å². The highest BCUT2D eigenvalue weighted by atomic mass is 19.1. The van der Waals surface area contributed by atoms with Crippen molar-refractivity contribution in [3.8, 4) is 22.6 Å². The molecule has 0 bridgehead atoms. The number of H-pyrrole nitrogens is 1. The number of nitrogens with two attached hydrogens (primary N) is 1. The summed E-state index contributed by atoms with van der Waals surface area (Å²) < 4.78 is 14.3. The van der Waals surface area contributed by atoms with Crippen LogP contribution in [0.1, 0.15) is 17.0 Å². The molecule has 3 rings (SSSR count). The average Bonchev–Trinajstić information content (AvgIpc) is 3.02. The fourth-order valence-corrected chi connectivity index (χ4v) is 2.50. The van der Waals surface area contributed by atoms with Gasteiger partial charge in [0, 0.05) is 35.3 Å². The van der Waals surface area contributed by atoms with Gasteiger partial charge < -0.3 is 5.73 Å². The molecule has 0 amide bonds. The molecule has 0 saturated heterocycles. The summed E-state index contributed by atoms with van der Waals surface area (Å²) in [7, 11) is 0. The zero-order valence-corrected chi connectivity index (χ0v) is 12.4. The van der Waals surface area contributed by atoms with Gasteiger partial charge >= 0.3 is 0 Å². The molecule has 0 unspecified atom stereocenters. The Labute approximate surface area is 127 Å². The average molecular weight is 297 g/mol. The number of nitrogens with zero attached hydrogens (tertiary/aromatic N) is 3. The predicted octanol–water partition coefficient (Wildman–Crippen LogP) is 2.75. The Kier molecular flexibility index (Phi) is 3.68. The molecule has 0 aliphatic heterocycles. The van der Waals surface area contributed by atoms with E-state index in [1.54, 1.807) is 18.3 Å². The Morgan fingerprint density at radius 1 is 1.14 bits per heavy atom. The van der Waals surface area contributed by atoms with E-state index in [4.69, 9.17) is 5.73 Å². The first-order valence-electron chi connectivity index (χ1n) is 6.94. The maximum Gasteiger partial charge on any atom is 0.178 e. The first-order valence-corrected chi connectivity index (χ1v) is 6.94. The van der Waals surface area contributed by atoms with Crippen LogP contribution in [0.4, 0.5) is 4.39 Å². The fourth-order valence-electron chi connectivity index (χ4n) is 2.50. The molecule has 0 radical (unpaired) electrons. The highest BCUT2D eigenvalue weighted by Gasteiger charge is 2.15. The number of hydrogen-bond acceptors (Lipinski definition) is 4. The Bertz CT molecular complexity index is 788. The van der Waals surface area contributed by atoms with Gasteiger partial charge in [-0.3, -0.25) is 5.10 Å². The molecule has 3 N–H and O–H groups in total. The van der Waals surface area contributed by atoms with Gasteiger partial charge in [0.2, 0.25) is 0 Å². The molecule has 112 valence electrons. The molecule has 3 aromatic rings. The van der Waals surface area contributed by atoms with Crippen LogP contribution in [0.15, 0.2) is 30.5 Å². The zero-order chi connectivity index (χ0) is 15.7. The van der Waals surface area contributed by atoms with Gasteiger partial charge in [-0.25, -0.2) is 14.4 Å². The van der Waals surface area contributed by atoms with Crippen LogP contribution < -0.4 is 5.73 Å². The molecule has 22 heavy (non-hydrogen) atoms. The van der Waals surface area contributed by atoms with E-state index >= 15 is 0 Å². The van der Waals surface area contributed by atoms with Gasteiger partial charge in [0.05, 0.1) is 0 Å². The summed E-state index contributed by atoms with van der Waals surface area (Å²) in [4.78, 5) is 8.93. The lowest BCUT2D eigenvalue weighted by Crippen LogP contribution is -2.02. The number of benzene rings is 1. The minimum atomic E-state index is -0.313. The molecule has 2 aromatic heterocycles. The molecule has 0 atom stereocenters. The van der Waals surface area contributed by atoms with Crippen molar-refractivity contribution in [2.24, 2.45) is 5.73 Å². The van der Waals surface area contributed by atoms with Gasteiger partial charge in [-0.15, -0.1) is 0 Å². The number of hydrogen-bond donors (Lipinski definition) is 2. The van der Waals surface area contributed by atoms with Crippen LogP contribution in [0.5, 0.6) is 0 Å². The normalized spacial score (nSPS) is 10.9. The third-order valence-electron chi connectivity index (χ3n) is 3.55. The largest absolute Gasteiger partial charge is 0.326 e.